The number of hydrogen-bond acceptors (Lipinski definition) is 0. The van der Waals surface area contributed by atoms with Crippen molar-refractivity contribution >= 4 is 47.8 Å². The van der Waals surface area contributed by atoms with Crippen molar-refractivity contribution in [3.05, 3.63) is 37.0 Å². The Morgan fingerprint density at radius 1 is 1.09 bits per heavy atom. The Balaban J connectivity index is 3.06. The lowest BCUT2D eigenvalue weighted by Crippen LogP contribution is -2.35. The molecule has 1 aliphatic rings. The van der Waals surface area contributed by atoms with Gasteiger partial charge in [-0.3, -0.25) is 0 Å². The van der Waals surface area contributed by atoms with Gasteiger partial charge in [0, 0.05) is 0 Å². The van der Waals surface area contributed by atoms with Crippen LogP contribution in [0.2, 0.25) is 0 Å². The molecule has 0 amide bonds. The monoisotopic (exact) mass is 340 g/mol. The van der Waals surface area contributed by atoms with E-state index in [2.05, 4.69) is 54.4 Å². The Kier molecular flexibility index (Phi) is 2.83. The largest absolute Gasteiger partial charge is 0.121 e. The fourth-order valence-electron chi connectivity index (χ4n) is 0.815. The van der Waals surface area contributed by atoms with E-state index in [9.17, 15) is 0 Å². The molecular formula is C8H7Br3. The van der Waals surface area contributed by atoms with Crippen LogP contribution in [0.15, 0.2) is 37.0 Å². The molecule has 1 atom stereocenters. The van der Waals surface area contributed by atoms with Gasteiger partial charge in [-0.2, -0.15) is 0 Å². The molecule has 0 aliphatic heterocycles. The Labute approximate surface area is 91.8 Å². The number of alkyl halides is 3. The lowest BCUT2D eigenvalue weighted by atomic mass is 10.0. The second-order valence-corrected chi connectivity index (χ2v) is 7.19. The van der Waals surface area contributed by atoms with Crippen LogP contribution in [-0.2, 0) is 0 Å². The number of rotatable bonds is 1. The van der Waals surface area contributed by atoms with E-state index in [1.165, 1.54) is 0 Å². The highest BCUT2D eigenvalue weighted by Gasteiger charge is 2.41. The Bertz CT molecular complexity index is 227. The van der Waals surface area contributed by atoms with Gasteiger partial charge in [0.2, 0.25) is 0 Å². The second-order valence-electron chi connectivity index (χ2n) is 2.31. The molecule has 1 unspecified atom stereocenters. The van der Waals surface area contributed by atoms with Crippen molar-refractivity contribution < 1.29 is 0 Å². The fourth-order valence-corrected chi connectivity index (χ4v) is 1.99. The minimum Gasteiger partial charge on any atom is -0.101 e. The average molecular weight is 343 g/mol. The predicted octanol–water partition coefficient (Wildman–Crippen LogP) is 3.92. The molecule has 3 heteroatoms. The Hall–Kier alpha value is 0.660. The summed E-state index contributed by atoms with van der Waals surface area (Å²) in [5.74, 6) is 0. The SMILES string of the molecule is C=CC1(Br)C=CC=CC1(Br)Br. The lowest BCUT2D eigenvalue weighted by Gasteiger charge is -2.33. The van der Waals surface area contributed by atoms with Gasteiger partial charge in [0.25, 0.3) is 0 Å². The smallest absolute Gasteiger partial charge is 0.101 e. The van der Waals surface area contributed by atoms with Gasteiger partial charge in [0.1, 0.15) is 3.23 Å². The molecule has 11 heavy (non-hydrogen) atoms. The summed E-state index contributed by atoms with van der Waals surface area (Å²) in [6.07, 6.45) is 9.85. The third kappa shape index (κ3) is 1.70. The summed E-state index contributed by atoms with van der Waals surface area (Å²) in [7, 11) is 0. The van der Waals surface area contributed by atoms with Gasteiger partial charge >= 0.3 is 0 Å². The highest BCUT2D eigenvalue weighted by Crippen LogP contribution is 2.48. The fraction of sp³-hybridized carbons (Fsp3) is 0.250. The van der Waals surface area contributed by atoms with Crippen molar-refractivity contribution in [2.45, 2.75) is 7.56 Å². The van der Waals surface area contributed by atoms with Gasteiger partial charge in [-0.1, -0.05) is 78.2 Å². The molecule has 1 aliphatic carbocycles. The van der Waals surface area contributed by atoms with E-state index in [-0.39, 0.29) is 7.56 Å². The zero-order chi connectivity index (χ0) is 8.54. The summed E-state index contributed by atoms with van der Waals surface area (Å²) in [6, 6.07) is 0. The normalized spacial score (nSPS) is 33.7. The van der Waals surface area contributed by atoms with Crippen molar-refractivity contribution in [3.63, 3.8) is 0 Å². The van der Waals surface area contributed by atoms with Crippen LogP contribution >= 0.6 is 47.8 Å². The maximum atomic E-state index is 3.76. The van der Waals surface area contributed by atoms with E-state index in [1.54, 1.807) is 0 Å². The van der Waals surface area contributed by atoms with E-state index < -0.39 is 0 Å². The number of hydrogen-bond donors (Lipinski definition) is 0. The van der Waals surface area contributed by atoms with Gasteiger partial charge in [-0.25, -0.2) is 0 Å². The van der Waals surface area contributed by atoms with Crippen LogP contribution in [0.4, 0.5) is 0 Å². The van der Waals surface area contributed by atoms with Crippen LogP contribution in [0.3, 0.4) is 0 Å². The van der Waals surface area contributed by atoms with Crippen molar-refractivity contribution in [3.8, 4) is 0 Å². The number of halogens is 3. The minimum atomic E-state index is -0.260. The highest BCUT2D eigenvalue weighted by atomic mass is 79.9. The van der Waals surface area contributed by atoms with Crippen molar-refractivity contribution in [2.24, 2.45) is 0 Å². The molecule has 60 valence electrons. The van der Waals surface area contributed by atoms with Crippen LogP contribution in [0.25, 0.3) is 0 Å². The van der Waals surface area contributed by atoms with E-state index in [1.807, 2.05) is 30.4 Å². The zero-order valence-electron chi connectivity index (χ0n) is 5.73. The van der Waals surface area contributed by atoms with E-state index >= 15 is 0 Å². The summed E-state index contributed by atoms with van der Waals surface area (Å²) in [5, 5.41) is 0. The van der Waals surface area contributed by atoms with Gasteiger partial charge in [-0.15, -0.1) is 6.58 Å². The molecule has 0 bridgehead atoms. The third-order valence-corrected chi connectivity index (χ3v) is 5.68. The third-order valence-electron chi connectivity index (χ3n) is 1.56. The van der Waals surface area contributed by atoms with Gasteiger partial charge in [-0.05, 0) is 0 Å². The first kappa shape index (κ1) is 9.75. The van der Waals surface area contributed by atoms with Crippen LogP contribution in [-0.4, -0.2) is 7.56 Å². The van der Waals surface area contributed by atoms with Crippen molar-refractivity contribution in [2.75, 3.05) is 0 Å². The lowest BCUT2D eigenvalue weighted by molar-refractivity contribution is 0.896. The molecule has 0 spiro atoms. The zero-order valence-corrected chi connectivity index (χ0v) is 10.5. The first-order chi connectivity index (χ1) is 5.02. The standard InChI is InChI=1S/C8H7Br3/c1-2-7(9)5-3-4-6-8(7,10)11/h2-6H,1H2. The van der Waals surface area contributed by atoms with Crippen molar-refractivity contribution in [1.29, 1.82) is 0 Å². The summed E-state index contributed by atoms with van der Waals surface area (Å²) >= 11 is 10.6. The van der Waals surface area contributed by atoms with E-state index in [0.717, 1.165) is 0 Å². The predicted molar refractivity (Wildman–Crippen MR) is 60.7 cm³/mol. The molecule has 0 aromatic heterocycles. The van der Waals surface area contributed by atoms with Gasteiger partial charge in [0.15, 0.2) is 0 Å². The molecule has 0 aromatic carbocycles. The van der Waals surface area contributed by atoms with Gasteiger partial charge in [0.05, 0.1) is 4.32 Å². The van der Waals surface area contributed by atoms with E-state index in [4.69, 9.17) is 0 Å². The molecule has 0 heterocycles. The minimum absolute atomic E-state index is 0.241. The highest BCUT2D eigenvalue weighted by molar-refractivity contribution is 9.26. The Morgan fingerprint density at radius 3 is 2.00 bits per heavy atom. The quantitative estimate of drug-likeness (QED) is 0.500. The summed E-state index contributed by atoms with van der Waals surface area (Å²) in [6.45, 7) is 3.76. The first-order valence-corrected chi connectivity index (χ1v) is 5.47. The summed E-state index contributed by atoms with van der Waals surface area (Å²) < 4.78 is -0.502. The molecule has 0 nitrogen and oxygen atoms in total. The molecule has 1 rings (SSSR count). The molecule has 0 N–H and O–H groups in total. The molecular weight excluding hydrogens is 336 g/mol. The maximum Gasteiger partial charge on any atom is 0.121 e. The Morgan fingerprint density at radius 2 is 1.64 bits per heavy atom. The van der Waals surface area contributed by atoms with Crippen LogP contribution in [0.5, 0.6) is 0 Å². The van der Waals surface area contributed by atoms with E-state index in [0.29, 0.717) is 0 Å². The van der Waals surface area contributed by atoms with Crippen LogP contribution in [0.1, 0.15) is 0 Å². The molecule has 0 saturated heterocycles. The van der Waals surface area contributed by atoms with Crippen LogP contribution < -0.4 is 0 Å². The second kappa shape index (κ2) is 3.19. The molecule has 0 aromatic rings. The summed E-state index contributed by atoms with van der Waals surface area (Å²) in [4.78, 5) is 0. The first-order valence-electron chi connectivity index (χ1n) is 3.09. The molecule has 0 saturated carbocycles. The maximum absolute atomic E-state index is 3.76. The van der Waals surface area contributed by atoms with Gasteiger partial charge < -0.3 is 0 Å². The van der Waals surface area contributed by atoms with Crippen molar-refractivity contribution in [1.82, 2.24) is 0 Å². The topological polar surface area (TPSA) is 0 Å². The molecule has 0 fully saturated rings. The summed E-state index contributed by atoms with van der Waals surface area (Å²) in [5.41, 5.74) is 0. The van der Waals surface area contributed by atoms with Crippen LogP contribution in [0, 0.1) is 0 Å². The average Bonchev–Trinajstić information content (AvgIpc) is 1.95. The number of allylic oxidation sites excluding steroid dienone is 5. The molecule has 0 radical (unpaired) electrons.